The van der Waals surface area contributed by atoms with E-state index in [0.717, 1.165) is 23.4 Å². The number of rotatable bonds is 3. The molecule has 0 aromatic carbocycles. The van der Waals surface area contributed by atoms with Crippen LogP contribution in [0.25, 0.3) is 0 Å². The maximum Gasteiger partial charge on any atom is 0.0530 e. The first kappa shape index (κ1) is 9.00. The number of ether oxygens (including phenoxy) is 1. The van der Waals surface area contributed by atoms with Gasteiger partial charge in [0.15, 0.2) is 0 Å². The Morgan fingerprint density at radius 1 is 1.58 bits per heavy atom. The molecule has 0 aliphatic carbocycles. The molecule has 12 heavy (non-hydrogen) atoms. The van der Waals surface area contributed by atoms with Crippen molar-refractivity contribution in [2.75, 3.05) is 19.5 Å². The van der Waals surface area contributed by atoms with Gasteiger partial charge in [-0.05, 0) is 18.6 Å². The van der Waals surface area contributed by atoms with Gasteiger partial charge in [0.05, 0.1) is 18.5 Å². The summed E-state index contributed by atoms with van der Waals surface area (Å²) >= 11 is 0. The Labute approximate surface area is 72.6 Å². The Bertz CT molecular complexity index is 261. The third kappa shape index (κ3) is 2.20. The number of hydrogen-bond acceptors (Lipinski definition) is 3. The molecular weight excluding hydrogens is 152 g/mol. The summed E-state index contributed by atoms with van der Waals surface area (Å²) < 4.78 is 4.94. The molecule has 3 nitrogen and oxygen atoms in total. The highest BCUT2D eigenvalue weighted by atomic mass is 16.5. The fourth-order valence-electron chi connectivity index (χ4n) is 0.968. The van der Waals surface area contributed by atoms with Crippen molar-refractivity contribution >= 4 is 5.69 Å². The van der Waals surface area contributed by atoms with E-state index in [9.17, 15) is 0 Å². The van der Waals surface area contributed by atoms with Crippen molar-refractivity contribution in [3.8, 4) is 0 Å². The van der Waals surface area contributed by atoms with Crippen LogP contribution in [0.15, 0.2) is 12.3 Å². The molecule has 0 unspecified atom stereocenters. The van der Waals surface area contributed by atoms with Crippen molar-refractivity contribution in [2.45, 2.75) is 13.3 Å². The highest BCUT2D eigenvalue weighted by molar-refractivity contribution is 5.44. The summed E-state index contributed by atoms with van der Waals surface area (Å²) in [5.74, 6) is 0. The number of nitrogens with two attached hydrogens (primary N) is 1. The molecule has 1 heterocycles. The highest BCUT2D eigenvalue weighted by Crippen LogP contribution is 2.09. The summed E-state index contributed by atoms with van der Waals surface area (Å²) in [6.45, 7) is 2.68. The van der Waals surface area contributed by atoms with Crippen LogP contribution in [0.5, 0.6) is 0 Å². The molecule has 0 aliphatic rings. The van der Waals surface area contributed by atoms with E-state index < -0.39 is 0 Å². The minimum atomic E-state index is 0.705. The van der Waals surface area contributed by atoms with Crippen LogP contribution in [0.2, 0.25) is 0 Å². The monoisotopic (exact) mass is 166 g/mol. The van der Waals surface area contributed by atoms with Gasteiger partial charge in [-0.2, -0.15) is 0 Å². The lowest BCUT2D eigenvalue weighted by Gasteiger charge is -2.02. The predicted molar refractivity (Wildman–Crippen MR) is 49.0 cm³/mol. The number of nitrogen functional groups attached to an aromatic ring is 1. The van der Waals surface area contributed by atoms with Crippen molar-refractivity contribution in [1.29, 1.82) is 0 Å². The molecule has 0 fully saturated rings. The maximum atomic E-state index is 5.62. The quantitative estimate of drug-likeness (QED) is 0.733. The fraction of sp³-hybridized carbons (Fsp3) is 0.444. The largest absolute Gasteiger partial charge is 0.397 e. The van der Waals surface area contributed by atoms with Crippen molar-refractivity contribution < 1.29 is 4.74 Å². The Hall–Kier alpha value is -1.09. The van der Waals surface area contributed by atoms with E-state index in [-0.39, 0.29) is 0 Å². The van der Waals surface area contributed by atoms with Crippen molar-refractivity contribution in [2.24, 2.45) is 0 Å². The van der Waals surface area contributed by atoms with Crippen molar-refractivity contribution in [3.05, 3.63) is 23.5 Å². The molecular formula is C9H14N2O. The van der Waals surface area contributed by atoms with E-state index in [4.69, 9.17) is 10.5 Å². The number of methoxy groups -OCH3 is 1. The predicted octanol–water partition coefficient (Wildman–Crippen LogP) is 1.16. The van der Waals surface area contributed by atoms with E-state index in [1.807, 2.05) is 13.0 Å². The van der Waals surface area contributed by atoms with Gasteiger partial charge in [0.25, 0.3) is 0 Å². The molecule has 66 valence electrons. The normalized spacial score (nSPS) is 10.2. The molecule has 1 aromatic heterocycles. The first-order valence-corrected chi connectivity index (χ1v) is 3.94. The van der Waals surface area contributed by atoms with Gasteiger partial charge in [-0.1, -0.05) is 0 Å². The lowest BCUT2D eigenvalue weighted by molar-refractivity contribution is 0.201. The molecule has 0 bridgehead atoms. The summed E-state index contributed by atoms with van der Waals surface area (Å²) in [7, 11) is 1.68. The molecule has 0 aliphatic heterocycles. The summed E-state index contributed by atoms with van der Waals surface area (Å²) in [5.41, 5.74) is 8.48. The minimum absolute atomic E-state index is 0.705. The summed E-state index contributed by atoms with van der Waals surface area (Å²) in [4.78, 5) is 4.17. The van der Waals surface area contributed by atoms with E-state index in [2.05, 4.69) is 4.98 Å². The van der Waals surface area contributed by atoms with Gasteiger partial charge < -0.3 is 10.5 Å². The molecule has 1 rings (SSSR count). The minimum Gasteiger partial charge on any atom is -0.397 e. The Kier molecular flexibility index (Phi) is 3.05. The van der Waals surface area contributed by atoms with E-state index >= 15 is 0 Å². The van der Waals surface area contributed by atoms with Crippen LogP contribution in [0.1, 0.15) is 11.3 Å². The number of pyridine rings is 1. The average molecular weight is 166 g/mol. The fourth-order valence-corrected chi connectivity index (χ4v) is 0.968. The second-order valence-corrected chi connectivity index (χ2v) is 2.78. The highest BCUT2D eigenvalue weighted by Gasteiger charge is 1.97. The number of anilines is 1. The first-order chi connectivity index (χ1) is 5.74. The topological polar surface area (TPSA) is 48.1 Å². The van der Waals surface area contributed by atoms with E-state index in [1.165, 1.54) is 0 Å². The van der Waals surface area contributed by atoms with Crippen LogP contribution in [-0.2, 0) is 11.2 Å². The van der Waals surface area contributed by atoms with Crippen LogP contribution in [0.3, 0.4) is 0 Å². The Morgan fingerprint density at radius 2 is 2.33 bits per heavy atom. The average Bonchev–Trinajstić information content (AvgIpc) is 2.07. The summed E-state index contributed by atoms with van der Waals surface area (Å²) in [6.07, 6.45) is 2.54. The number of nitrogens with zero attached hydrogens (tertiary/aromatic N) is 1. The second-order valence-electron chi connectivity index (χ2n) is 2.78. The third-order valence-corrected chi connectivity index (χ3v) is 1.77. The zero-order chi connectivity index (χ0) is 8.97. The van der Waals surface area contributed by atoms with Gasteiger partial charge >= 0.3 is 0 Å². The van der Waals surface area contributed by atoms with Crippen LogP contribution in [0.4, 0.5) is 5.69 Å². The molecule has 0 saturated carbocycles. The first-order valence-electron chi connectivity index (χ1n) is 3.94. The molecule has 3 heteroatoms. The molecule has 1 aromatic rings. The summed E-state index contributed by atoms with van der Waals surface area (Å²) in [5, 5.41) is 0. The Morgan fingerprint density at radius 3 is 2.92 bits per heavy atom. The van der Waals surface area contributed by atoms with Crippen LogP contribution < -0.4 is 5.73 Å². The van der Waals surface area contributed by atoms with Gasteiger partial charge in [-0.25, -0.2) is 0 Å². The smallest absolute Gasteiger partial charge is 0.0530 e. The Balaban J connectivity index is 2.69. The van der Waals surface area contributed by atoms with Crippen LogP contribution in [-0.4, -0.2) is 18.7 Å². The van der Waals surface area contributed by atoms with Crippen LogP contribution in [0, 0.1) is 6.92 Å². The molecule has 0 amide bonds. The lowest BCUT2D eigenvalue weighted by Crippen LogP contribution is -1.99. The van der Waals surface area contributed by atoms with Crippen LogP contribution >= 0.6 is 0 Å². The molecule has 0 atom stereocenters. The maximum absolute atomic E-state index is 5.62. The van der Waals surface area contributed by atoms with Crippen molar-refractivity contribution in [1.82, 2.24) is 4.98 Å². The van der Waals surface area contributed by atoms with Gasteiger partial charge in [-0.15, -0.1) is 0 Å². The molecule has 2 N–H and O–H groups in total. The molecule has 0 radical (unpaired) electrons. The van der Waals surface area contributed by atoms with E-state index in [0.29, 0.717) is 6.61 Å². The van der Waals surface area contributed by atoms with Crippen molar-refractivity contribution in [3.63, 3.8) is 0 Å². The lowest BCUT2D eigenvalue weighted by atomic mass is 10.2. The number of hydrogen-bond donors (Lipinski definition) is 1. The third-order valence-electron chi connectivity index (χ3n) is 1.77. The summed E-state index contributed by atoms with van der Waals surface area (Å²) in [6, 6.07) is 1.99. The zero-order valence-electron chi connectivity index (χ0n) is 7.50. The zero-order valence-corrected chi connectivity index (χ0v) is 7.50. The number of aromatic nitrogens is 1. The van der Waals surface area contributed by atoms with E-state index in [1.54, 1.807) is 13.3 Å². The van der Waals surface area contributed by atoms with Gasteiger partial charge in [0.2, 0.25) is 0 Å². The number of aryl methyl sites for hydroxylation is 1. The SMILES string of the molecule is COCCc1cc(C)c(N)cn1. The molecule has 0 saturated heterocycles. The standard InChI is InChI=1S/C9H14N2O/c1-7-5-8(3-4-12-2)11-6-9(7)10/h5-6H,3-4,10H2,1-2H3. The van der Waals surface area contributed by atoms with Gasteiger partial charge in [-0.3, -0.25) is 4.98 Å². The van der Waals surface area contributed by atoms with Gasteiger partial charge in [0, 0.05) is 19.2 Å². The van der Waals surface area contributed by atoms with Gasteiger partial charge in [0.1, 0.15) is 0 Å². The second kappa shape index (κ2) is 4.07. The molecule has 0 spiro atoms.